The maximum Gasteiger partial charge on any atom is 0.211 e. The van der Waals surface area contributed by atoms with Crippen LogP contribution in [0.4, 0.5) is 0 Å². The summed E-state index contributed by atoms with van der Waals surface area (Å²) in [5.74, 6) is 0.793. The predicted molar refractivity (Wildman–Crippen MR) is 66.7 cm³/mol. The maximum absolute atomic E-state index is 6.03. The van der Waals surface area contributed by atoms with E-state index in [1.54, 1.807) is 0 Å². The molecule has 0 aliphatic rings. The van der Waals surface area contributed by atoms with Crippen LogP contribution in [0.5, 0.6) is 0 Å². The molecule has 2 heteroatoms. The first-order valence-corrected chi connectivity index (χ1v) is 5.51. The summed E-state index contributed by atoms with van der Waals surface area (Å²) in [4.78, 5) is 0. The third-order valence-corrected chi connectivity index (χ3v) is 2.76. The van der Waals surface area contributed by atoms with Crippen molar-refractivity contribution < 1.29 is 9.83 Å². The molecule has 0 saturated carbocycles. The summed E-state index contributed by atoms with van der Waals surface area (Å²) < 4.78 is 5.85. The summed E-state index contributed by atoms with van der Waals surface area (Å²) >= 11 is 0. The Morgan fingerprint density at radius 2 is 1.53 bits per heavy atom. The summed E-state index contributed by atoms with van der Waals surface area (Å²) in [6.07, 6.45) is 0. The number of fused-ring (bicyclic) bond motifs is 1. The Morgan fingerprint density at radius 1 is 0.824 bits per heavy atom. The minimum Gasteiger partial charge on any atom is -0.456 e. The highest BCUT2D eigenvalue weighted by atomic mass is 16.3. The topological polar surface area (TPSA) is 38.7 Å². The Bertz CT molecular complexity index is 714. The van der Waals surface area contributed by atoms with Gasteiger partial charge >= 0.3 is 0 Å². The second-order valence-corrected chi connectivity index (χ2v) is 3.93. The number of hydrogen-bond donors (Lipinski definition) is 1. The molecule has 0 saturated heterocycles. The van der Waals surface area contributed by atoms with E-state index in [4.69, 9.17) is 9.83 Å². The van der Waals surface area contributed by atoms with E-state index in [1.165, 1.54) is 0 Å². The van der Waals surface area contributed by atoms with Crippen LogP contribution in [0.3, 0.4) is 0 Å². The Kier molecular flexibility index (Phi) is 2.26. The SMILES string of the molecule is [NH2+]=c1cc(-c2ccccc2)oc2ccccc12. The fraction of sp³-hybridized carbons (Fsp3) is 0. The van der Waals surface area contributed by atoms with Gasteiger partial charge in [-0.15, -0.1) is 0 Å². The molecule has 3 aromatic rings. The van der Waals surface area contributed by atoms with Crippen LogP contribution >= 0.6 is 0 Å². The molecule has 17 heavy (non-hydrogen) atoms. The van der Waals surface area contributed by atoms with Crippen LogP contribution in [0.25, 0.3) is 22.3 Å². The van der Waals surface area contributed by atoms with Crippen molar-refractivity contribution in [3.63, 3.8) is 0 Å². The van der Waals surface area contributed by atoms with Gasteiger partial charge in [0.2, 0.25) is 5.36 Å². The molecule has 0 aliphatic carbocycles. The molecular weight excluding hydrogens is 210 g/mol. The second kappa shape index (κ2) is 3.91. The van der Waals surface area contributed by atoms with Gasteiger partial charge in [0.05, 0.1) is 11.5 Å². The predicted octanol–water partition coefficient (Wildman–Crippen LogP) is 1.76. The molecule has 0 fully saturated rings. The minimum absolute atomic E-state index is 0.741. The average Bonchev–Trinajstić information content (AvgIpc) is 2.40. The van der Waals surface area contributed by atoms with Crippen LogP contribution in [0.2, 0.25) is 0 Å². The first-order chi connectivity index (χ1) is 8.34. The van der Waals surface area contributed by atoms with E-state index >= 15 is 0 Å². The zero-order valence-electron chi connectivity index (χ0n) is 9.26. The van der Waals surface area contributed by atoms with E-state index in [2.05, 4.69) is 0 Å². The van der Waals surface area contributed by atoms with E-state index in [1.807, 2.05) is 60.7 Å². The van der Waals surface area contributed by atoms with E-state index < -0.39 is 0 Å². The van der Waals surface area contributed by atoms with E-state index in [9.17, 15) is 0 Å². The van der Waals surface area contributed by atoms with Gasteiger partial charge in [0.25, 0.3) is 0 Å². The van der Waals surface area contributed by atoms with Gasteiger partial charge in [-0.1, -0.05) is 42.5 Å². The Hall–Kier alpha value is -2.35. The fourth-order valence-corrected chi connectivity index (χ4v) is 1.91. The highest BCUT2D eigenvalue weighted by molar-refractivity contribution is 5.77. The van der Waals surface area contributed by atoms with E-state index in [0.717, 1.165) is 27.7 Å². The van der Waals surface area contributed by atoms with Crippen molar-refractivity contribution in [2.24, 2.45) is 0 Å². The average molecular weight is 222 g/mol. The maximum atomic E-state index is 6.03. The van der Waals surface area contributed by atoms with Crippen LogP contribution < -0.4 is 10.8 Å². The molecule has 82 valence electrons. The van der Waals surface area contributed by atoms with Gasteiger partial charge in [-0.05, 0) is 12.1 Å². The van der Waals surface area contributed by atoms with Crippen LogP contribution in [-0.4, -0.2) is 0 Å². The first kappa shape index (κ1) is 9.85. The highest BCUT2D eigenvalue weighted by Gasteiger charge is 2.06. The van der Waals surface area contributed by atoms with E-state index in [-0.39, 0.29) is 0 Å². The molecule has 2 aromatic carbocycles. The molecule has 1 heterocycles. The third-order valence-electron chi connectivity index (χ3n) is 2.76. The molecule has 2 nitrogen and oxygen atoms in total. The first-order valence-electron chi connectivity index (χ1n) is 5.51. The summed E-state index contributed by atoms with van der Waals surface area (Å²) in [5.41, 5.74) is 1.84. The Labute approximate surface area is 98.7 Å². The minimum atomic E-state index is 0.741. The van der Waals surface area contributed by atoms with Crippen molar-refractivity contribution in [3.8, 4) is 11.3 Å². The highest BCUT2D eigenvalue weighted by Crippen LogP contribution is 2.20. The monoisotopic (exact) mass is 222 g/mol. The quantitative estimate of drug-likeness (QED) is 0.669. The molecule has 0 amide bonds. The molecule has 1 aromatic heterocycles. The summed E-state index contributed by atoms with van der Waals surface area (Å²) in [7, 11) is 0. The van der Waals surface area contributed by atoms with Crippen molar-refractivity contribution in [1.82, 2.24) is 0 Å². The van der Waals surface area contributed by atoms with Crippen molar-refractivity contribution in [2.75, 3.05) is 0 Å². The molecule has 0 aliphatic heterocycles. The largest absolute Gasteiger partial charge is 0.456 e. The van der Waals surface area contributed by atoms with Gasteiger partial charge in [-0.2, -0.15) is 0 Å². The number of hydrogen-bond acceptors (Lipinski definition) is 1. The van der Waals surface area contributed by atoms with Gasteiger partial charge in [0.1, 0.15) is 11.3 Å². The van der Waals surface area contributed by atoms with Gasteiger partial charge in [-0.3, -0.25) is 5.41 Å². The van der Waals surface area contributed by atoms with Crippen LogP contribution in [0, 0.1) is 0 Å². The lowest BCUT2D eigenvalue weighted by Crippen LogP contribution is -2.44. The summed E-state index contributed by atoms with van der Waals surface area (Å²) in [5, 5.41) is 7.73. The van der Waals surface area contributed by atoms with Crippen molar-refractivity contribution in [2.45, 2.75) is 0 Å². The molecule has 0 unspecified atom stereocenters. The summed E-state index contributed by atoms with van der Waals surface area (Å²) in [6, 6.07) is 19.6. The normalized spacial score (nSPS) is 10.6. The molecule has 2 N–H and O–H groups in total. The van der Waals surface area contributed by atoms with Gasteiger partial charge in [0, 0.05) is 5.56 Å². The molecule has 3 rings (SSSR count). The van der Waals surface area contributed by atoms with Crippen molar-refractivity contribution >= 4 is 11.0 Å². The third kappa shape index (κ3) is 1.74. The van der Waals surface area contributed by atoms with Gasteiger partial charge in [0.15, 0.2) is 0 Å². The lowest BCUT2D eigenvalue weighted by molar-refractivity contribution is -0.170. The molecule has 0 spiro atoms. The van der Waals surface area contributed by atoms with Gasteiger partial charge < -0.3 is 4.42 Å². The molecule has 0 radical (unpaired) electrons. The Morgan fingerprint density at radius 3 is 2.35 bits per heavy atom. The number of nitrogens with two attached hydrogens (primary N) is 1. The Balaban J connectivity index is 2.30. The number of benzene rings is 2. The summed E-state index contributed by atoms with van der Waals surface area (Å²) in [6.45, 7) is 0. The fourth-order valence-electron chi connectivity index (χ4n) is 1.91. The van der Waals surface area contributed by atoms with Gasteiger partial charge in [-0.25, -0.2) is 0 Å². The van der Waals surface area contributed by atoms with E-state index in [0.29, 0.717) is 0 Å². The number of para-hydroxylation sites is 1. The van der Waals surface area contributed by atoms with Crippen LogP contribution in [-0.2, 0) is 0 Å². The van der Waals surface area contributed by atoms with Crippen molar-refractivity contribution in [1.29, 1.82) is 0 Å². The van der Waals surface area contributed by atoms with Crippen LogP contribution in [0.15, 0.2) is 65.1 Å². The molecular formula is C15H12NO+. The van der Waals surface area contributed by atoms with Crippen LogP contribution in [0.1, 0.15) is 0 Å². The standard InChI is InChI=1S/C15H11NO/c16-13-10-15(11-6-2-1-3-7-11)17-14-9-5-4-8-12(13)14/h1-10,16H/p+1. The smallest absolute Gasteiger partial charge is 0.211 e. The van der Waals surface area contributed by atoms with Crippen molar-refractivity contribution in [3.05, 3.63) is 66.0 Å². The molecule has 0 atom stereocenters. The second-order valence-electron chi connectivity index (χ2n) is 3.93. The zero-order chi connectivity index (χ0) is 11.7. The zero-order valence-corrected chi connectivity index (χ0v) is 9.26. The lowest BCUT2D eigenvalue weighted by atomic mass is 10.1. The number of rotatable bonds is 1. The molecule has 0 bridgehead atoms. The lowest BCUT2D eigenvalue weighted by Gasteiger charge is -2.01.